The minimum atomic E-state index is -0.196. The van der Waals surface area contributed by atoms with E-state index in [2.05, 4.69) is 32.7 Å². The fourth-order valence-corrected chi connectivity index (χ4v) is 2.26. The van der Waals surface area contributed by atoms with Crippen LogP contribution in [-0.4, -0.2) is 34.0 Å². The van der Waals surface area contributed by atoms with Crippen LogP contribution in [-0.2, 0) is 4.74 Å². The molecule has 0 amide bonds. The van der Waals surface area contributed by atoms with Crippen LogP contribution in [0.5, 0.6) is 11.5 Å². The Morgan fingerprint density at radius 3 is 2.32 bits per heavy atom. The van der Waals surface area contributed by atoms with Crippen molar-refractivity contribution in [1.29, 1.82) is 0 Å². The minimum absolute atomic E-state index is 0.130. The SMILES string of the molecule is CCCOc1ccc(OCC(OC(=S)n2ccnc2)C(C)(C)C)cc1. The summed E-state index contributed by atoms with van der Waals surface area (Å²) >= 11 is 5.34. The molecule has 0 N–H and O–H groups in total. The van der Waals surface area contributed by atoms with Gasteiger partial charge in [0.2, 0.25) is 0 Å². The lowest BCUT2D eigenvalue weighted by Crippen LogP contribution is -2.37. The number of hydrogen-bond acceptors (Lipinski definition) is 5. The summed E-state index contributed by atoms with van der Waals surface area (Å²) < 4.78 is 19.1. The molecule has 2 rings (SSSR count). The third-order valence-corrected chi connectivity index (χ3v) is 3.93. The lowest BCUT2D eigenvalue weighted by molar-refractivity contribution is 0.0321. The van der Waals surface area contributed by atoms with Crippen LogP contribution in [0.1, 0.15) is 34.1 Å². The summed E-state index contributed by atoms with van der Waals surface area (Å²) in [5, 5.41) is 0.365. The lowest BCUT2D eigenvalue weighted by atomic mass is 9.89. The van der Waals surface area contributed by atoms with Crippen LogP contribution in [0.25, 0.3) is 0 Å². The molecule has 1 unspecified atom stereocenters. The third kappa shape index (κ3) is 6.05. The molecule has 0 radical (unpaired) electrons. The second kappa shape index (κ2) is 8.85. The quantitative estimate of drug-likeness (QED) is 0.687. The first-order valence-electron chi connectivity index (χ1n) is 8.44. The summed E-state index contributed by atoms with van der Waals surface area (Å²) in [6.07, 6.45) is 5.84. The van der Waals surface area contributed by atoms with E-state index in [1.165, 1.54) is 0 Å². The average molecular weight is 362 g/mol. The van der Waals surface area contributed by atoms with Gasteiger partial charge in [0.05, 0.1) is 6.61 Å². The maximum absolute atomic E-state index is 5.96. The van der Waals surface area contributed by atoms with E-state index in [0.717, 1.165) is 17.9 Å². The van der Waals surface area contributed by atoms with Gasteiger partial charge in [-0.2, -0.15) is 0 Å². The predicted molar refractivity (Wildman–Crippen MR) is 102 cm³/mol. The molecule has 6 heteroatoms. The molecule has 0 aliphatic carbocycles. The number of hydrogen-bond donors (Lipinski definition) is 0. The molecule has 0 aliphatic rings. The molecule has 1 aromatic carbocycles. The zero-order valence-corrected chi connectivity index (χ0v) is 16.1. The van der Waals surface area contributed by atoms with Crippen molar-refractivity contribution in [2.45, 2.75) is 40.2 Å². The van der Waals surface area contributed by atoms with Crippen LogP contribution in [0, 0.1) is 5.41 Å². The molecule has 1 aromatic heterocycles. The van der Waals surface area contributed by atoms with Crippen molar-refractivity contribution in [3.05, 3.63) is 43.0 Å². The van der Waals surface area contributed by atoms with Crippen LogP contribution in [0.15, 0.2) is 43.0 Å². The largest absolute Gasteiger partial charge is 0.494 e. The zero-order valence-electron chi connectivity index (χ0n) is 15.3. The molecule has 0 bridgehead atoms. The predicted octanol–water partition coefficient (Wildman–Crippen LogP) is 4.32. The Hall–Kier alpha value is -2.08. The first kappa shape index (κ1) is 19.2. The molecule has 0 saturated carbocycles. The van der Waals surface area contributed by atoms with Crippen molar-refractivity contribution in [2.24, 2.45) is 5.41 Å². The van der Waals surface area contributed by atoms with Crippen molar-refractivity contribution >= 4 is 17.4 Å². The highest BCUT2D eigenvalue weighted by Crippen LogP contribution is 2.25. The first-order valence-corrected chi connectivity index (χ1v) is 8.85. The highest BCUT2D eigenvalue weighted by atomic mass is 32.1. The van der Waals surface area contributed by atoms with E-state index in [1.807, 2.05) is 24.3 Å². The molecule has 1 heterocycles. The van der Waals surface area contributed by atoms with Crippen molar-refractivity contribution in [3.63, 3.8) is 0 Å². The molecule has 25 heavy (non-hydrogen) atoms. The Labute approximate surface area is 154 Å². The Morgan fingerprint density at radius 2 is 1.80 bits per heavy atom. The molecule has 2 aromatic rings. The van der Waals surface area contributed by atoms with Gasteiger partial charge in [0, 0.05) is 17.8 Å². The smallest absolute Gasteiger partial charge is 0.269 e. The van der Waals surface area contributed by atoms with Crippen LogP contribution in [0.2, 0.25) is 0 Å². The molecule has 0 spiro atoms. The first-order chi connectivity index (χ1) is 11.9. The van der Waals surface area contributed by atoms with Crippen molar-refractivity contribution in [1.82, 2.24) is 9.55 Å². The number of nitrogens with zero attached hydrogens (tertiary/aromatic N) is 2. The van der Waals surface area contributed by atoms with Gasteiger partial charge in [-0.3, -0.25) is 4.57 Å². The van der Waals surface area contributed by atoms with Crippen molar-refractivity contribution in [3.8, 4) is 11.5 Å². The maximum atomic E-state index is 5.96. The average Bonchev–Trinajstić information content (AvgIpc) is 3.11. The van der Waals surface area contributed by atoms with E-state index in [0.29, 0.717) is 18.4 Å². The van der Waals surface area contributed by atoms with Gasteiger partial charge >= 0.3 is 0 Å². The summed E-state index contributed by atoms with van der Waals surface area (Å²) in [6.45, 7) is 9.48. The van der Waals surface area contributed by atoms with Gasteiger partial charge < -0.3 is 14.2 Å². The van der Waals surface area contributed by atoms with Gasteiger partial charge in [-0.25, -0.2) is 4.98 Å². The molecule has 1 atom stereocenters. The van der Waals surface area contributed by atoms with E-state index in [4.69, 9.17) is 26.4 Å². The lowest BCUT2D eigenvalue weighted by Gasteiger charge is -2.31. The molecule has 0 fully saturated rings. The van der Waals surface area contributed by atoms with E-state index in [9.17, 15) is 0 Å². The van der Waals surface area contributed by atoms with Gasteiger partial charge in [0.25, 0.3) is 5.17 Å². The highest BCUT2D eigenvalue weighted by Gasteiger charge is 2.28. The van der Waals surface area contributed by atoms with Crippen LogP contribution in [0.3, 0.4) is 0 Å². The van der Waals surface area contributed by atoms with Gasteiger partial charge in [-0.05, 0) is 42.9 Å². The maximum Gasteiger partial charge on any atom is 0.269 e. The number of ether oxygens (including phenoxy) is 3. The summed E-state index contributed by atoms with van der Waals surface area (Å²) in [7, 11) is 0. The summed E-state index contributed by atoms with van der Waals surface area (Å²) in [5.41, 5.74) is -0.130. The van der Waals surface area contributed by atoms with Gasteiger partial charge in [0.1, 0.15) is 30.5 Å². The highest BCUT2D eigenvalue weighted by molar-refractivity contribution is 7.80. The molecule has 0 saturated heterocycles. The molecule has 136 valence electrons. The van der Waals surface area contributed by atoms with Crippen LogP contribution < -0.4 is 9.47 Å². The Balaban J connectivity index is 1.94. The van der Waals surface area contributed by atoms with E-state index < -0.39 is 0 Å². The minimum Gasteiger partial charge on any atom is -0.494 e. The number of aromatic nitrogens is 2. The Morgan fingerprint density at radius 1 is 1.16 bits per heavy atom. The van der Waals surface area contributed by atoms with Gasteiger partial charge in [-0.1, -0.05) is 27.7 Å². The molecule has 0 aliphatic heterocycles. The van der Waals surface area contributed by atoms with E-state index in [1.54, 1.807) is 23.3 Å². The van der Waals surface area contributed by atoms with Gasteiger partial charge in [0.15, 0.2) is 0 Å². The van der Waals surface area contributed by atoms with Crippen molar-refractivity contribution < 1.29 is 14.2 Å². The van der Waals surface area contributed by atoms with E-state index in [-0.39, 0.29) is 11.5 Å². The van der Waals surface area contributed by atoms with Gasteiger partial charge in [-0.15, -0.1) is 0 Å². The standard InChI is InChI=1S/C19H26N2O3S/c1-5-12-22-15-6-8-16(9-7-15)23-13-17(19(2,3)4)24-18(25)21-11-10-20-14-21/h6-11,14,17H,5,12-13H2,1-4H3. The summed E-state index contributed by atoms with van der Waals surface area (Å²) in [5.74, 6) is 1.62. The topological polar surface area (TPSA) is 45.5 Å². The van der Waals surface area contributed by atoms with Crippen LogP contribution in [0.4, 0.5) is 0 Å². The van der Waals surface area contributed by atoms with Crippen LogP contribution >= 0.6 is 12.2 Å². The molecular weight excluding hydrogens is 336 g/mol. The van der Waals surface area contributed by atoms with E-state index >= 15 is 0 Å². The zero-order chi connectivity index (χ0) is 18.3. The molecule has 5 nitrogen and oxygen atoms in total. The second-order valence-corrected chi connectivity index (χ2v) is 7.19. The van der Waals surface area contributed by atoms with Crippen molar-refractivity contribution in [2.75, 3.05) is 13.2 Å². The molecular formula is C19H26N2O3S. The normalized spacial score (nSPS) is 12.5. The third-order valence-electron chi connectivity index (χ3n) is 3.62. The number of thiocarbonyl (C=S) groups is 1. The number of rotatable bonds is 7. The Bertz CT molecular complexity index is 648. The fourth-order valence-electron chi connectivity index (χ4n) is 2.03. The summed E-state index contributed by atoms with van der Waals surface area (Å²) in [6, 6.07) is 7.62. The summed E-state index contributed by atoms with van der Waals surface area (Å²) in [4.78, 5) is 3.99. The Kier molecular flexibility index (Phi) is 6.82. The second-order valence-electron chi connectivity index (χ2n) is 6.84. The fraction of sp³-hybridized carbons (Fsp3) is 0.474. The number of imidazole rings is 1. The number of benzene rings is 1. The monoisotopic (exact) mass is 362 g/mol.